The van der Waals surface area contributed by atoms with Gasteiger partial charge in [-0.05, 0) is 39.5 Å². The van der Waals surface area contributed by atoms with E-state index in [4.69, 9.17) is 4.74 Å². The Bertz CT molecular complexity index is 615. The monoisotopic (exact) mass is 395 g/mol. The average Bonchev–Trinajstić information content (AvgIpc) is 3.11. The van der Waals surface area contributed by atoms with Gasteiger partial charge in [-0.3, -0.25) is 14.4 Å². The van der Waals surface area contributed by atoms with Gasteiger partial charge in [0, 0.05) is 19.2 Å². The highest BCUT2D eigenvalue weighted by Crippen LogP contribution is 2.22. The summed E-state index contributed by atoms with van der Waals surface area (Å²) in [5.41, 5.74) is 0.478. The third-order valence-corrected chi connectivity index (χ3v) is 4.76. The maximum absolute atomic E-state index is 13.0. The molecule has 1 heterocycles. The summed E-state index contributed by atoms with van der Waals surface area (Å²) >= 11 is 0. The lowest BCUT2D eigenvalue weighted by Gasteiger charge is -2.30. The van der Waals surface area contributed by atoms with Gasteiger partial charge in [0.2, 0.25) is 18.2 Å². The standard InChI is InChI=1S/C20H33N3O5/c1-13(2)17(22(6)18(25)11-21-12-24)10-15(5)19(26)23-9-7-8-16(23)20(27)28-14(3)4/h10,12-14,16-17H,7-9,11H2,1-6H3,(H,21,24)/b15-10+/t16-,17+/m0/s1. The van der Waals surface area contributed by atoms with Gasteiger partial charge in [0.15, 0.2) is 0 Å². The zero-order valence-corrected chi connectivity index (χ0v) is 17.7. The molecule has 1 N–H and O–H groups in total. The molecular weight excluding hydrogens is 362 g/mol. The Morgan fingerprint density at radius 2 is 1.89 bits per heavy atom. The molecule has 0 aromatic heterocycles. The normalized spacial score (nSPS) is 18.2. The first kappa shape index (κ1) is 23.7. The van der Waals surface area contributed by atoms with Gasteiger partial charge in [-0.2, -0.15) is 0 Å². The van der Waals surface area contributed by atoms with Crippen LogP contribution in [0.1, 0.15) is 47.5 Å². The molecule has 8 heteroatoms. The van der Waals surface area contributed by atoms with E-state index in [0.29, 0.717) is 24.9 Å². The second kappa shape index (κ2) is 10.8. The van der Waals surface area contributed by atoms with Crippen molar-refractivity contribution < 1.29 is 23.9 Å². The van der Waals surface area contributed by atoms with Crippen LogP contribution in [0.5, 0.6) is 0 Å². The van der Waals surface area contributed by atoms with Crippen molar-refractivity contribution in [3.8, 4) is 0 Å². The number of likely N-dealkylation sites (tertiary alicyclic amines) is 1. The lowest BCUT2D eigenvalue weighted by Crippen LogP contribution is -2.45. The van der Waals surface area contributed by atoms with Gasteiger partial charge in [0.1, 0.15) is 6.04 Å². The van der Waals surface area contributed by atoms with Crippen LogP contribution < -0.4 is 5.32 Å². The number of carbonyl (C=O) groups excluding carboxylic acids is 4. The molecule has 0 radical (unpaired) electrons. The molecule has 1 rings (SSSR count). The Morgan fingerprint density at radius 3 is 2.43 bits per heavy atom. The zero-order chi connectivity index (χ0) is 21.4. The van der Waals surface area contributed by atoms with Gasteiger partial charge < -0.3 is 19.9 Å². The SMILES string of the molecule is C/C(=C\[C@H](C(C)C)N(C)C(=O)CNC=O)C(=O)N1CCC[C@H]1C(=O)OC(C)C. The van der Waals surface area contributed by atoms with Gasteiger partial charge in [-0.15, -0.1) is 0 Å². The summed E-state index contributed by atoms with van der Waals surface area (Å²) in [7, 11) is 1.65. The van der Waals surface area contributed by atoms with Crippen molar-refractivity contribution in [2.75, 3.05) is 20.1 Å². The van der Waals surface area contributed by atoms with Crippen molar-refractivity contribution in [2.45, 2.75) is 65.6 Å². The van der Waals surface area contributed by atoms with Crippen LogP contribution in [-0.2, 0) is 23.9 Å². The molecule has 0 aromatic carbocycles. The van der Waals surface area contributed by atoms with E-state index < -0.39 is 6.04 Å². The quantitative estimate of drug-likeness (QED) is 0.358. The molecule has 0 aromatic rings. The van der Waals surface area contributed by atoms with Crippen LogP contribution in [0.3, 0.4) is 0 Å². The predicted octanol–water partition coefficient (Wildman–Crippen LogP) is 1.10. The number of carbonyl (C=O) groups is 4. The molecule has 2 atom stereocenters. The fourth-order valence-corrected chi connectivity index (χ4v) is 3.29. The summed E-state index contributed by atoms with van der Waals surface area (Å²) in [6.45, 7) is 9.57. The van der Waals surface area contributed by atoms with E-state index in [1.165, 1.54) is 4.90 Å². The largest absolute Gasteiger partial charge is 0.461 e. The molecule has 1 aliphatic rings. The molecule has 0 spiro atoms. The minimum atomic E-state index is -0.563. The molecule has 0 bridgehead atoms. The number of amides is 3. The molecule has 1 aliphatic heterocycles. The summed E-state index contributed by atoms with van der Waals surface area (Å²) in [5, 5.41) is 2.36. The summed E-state index contributed by atoms with van der Waals surface area (Å²) in [6, 6.07) is -0.875. The second-order valence-electron chi connectivity index (χ2n) is 7.73. The number of hydrogen-bond acceptors (Lipinski definition) is 5. The molecular formula is C20H33N3O5. The van der Waals surface area contributed by atoms with E-state index in [0.717, 1.165) is 6.42 Å². The van der Waals surface area contributed by atoms with Crippen LogP contribution >= 0.6 is 0 Å². The molecule has 0 aliphatic carbocycles. The van der Waals surface area contributed by atoms with Crippen molar-refractivity contribution in [2.24, 2.45) is 5.92 Å². The number of rotatable bonds is 9. The molecule has 28 heavy (non-hydrogen) atoms. The topological polar surface area (TPSA) is 96.0 Å². The Kier molecular flexibility index (Phi) is 9.15. The highest BCUT2D eigenvalue weighted by Gasteiger charge is 2.36. The second-order valence-corrected chi connectivity index (χ2v) is 7.73. The smallest absolute Gasteiger partial charge is 0.329 e. The third-order valence-electron chi connectivity index (χ3n) is 4.76. The van der Waals surface area contributed by atoms with E-state index in [1.807, 2.05) is 13.8 Å². The lowest BCUT2D eigenvalue weighted by atomic mass is 9.99. The molecule has 1 saturated heterocycles. The van der Waals surface area contributed by atoms with Gasteiger partial charge in [-0.1, -0.05) is 19.9 Å². The zero-order valence-electron chi connectivity index (χ0n) is 17.7. The van der Waals surface area contributed by atoms with E-state index in [2.05, 4.69) is 5.32 Å². The highest BCUT2D eigenvalue weighted by atomic mass is 16.5. The third kappa shape index (κ3) is 6.35. The summed E-state index contributed by atoms with van der Waals surface area (Å²) in [4.78, 5) is 51.0. The minimum absolute atomic E-state index is 0.0632. The Hall–Kier alpha value is -2.38. The predicted molar refractivity (Wildman–Crippen MR) is 105 cm³/mol. The van der Waals surface area contributed by atoms with Crippen LogP contribution in [0.2, 0.25) is 0 Å². The molecule has 1 fully saturated rings. The fraction of sp³-hybridized carbons (Fsp3) is 0.700. The highest BCUT2D eigenvalue weighted by molar-refractivity contribution is 5.96. The van der Waals surface area contributed by atoms with Crippen molar-refractivity contribution >= 4 is 24.2 Å². The first-order valence-corrected chi connectivity index (χ1v) is 9.72. The maximum atomic E-state index is 13.0. The Morgan fingerprint density at radius 1 is 1.25 bits per heavy atom. The number of nitrogens with zero attached hydrogens (tertiary/aromatic N) is 2. The molecule has 158 valence electrons. The summed E-state index contributed by atoms with van der Waals surface area (Å²) < 4.78 is 5.28. The van der Waals surface area contributed by atoms with E-state index in [1.54, 1.807) is 38.8 Å². The van der Waals surface area contributed by atoms with Crippen LogP contribution in [0.25, 0.3) is 0 Å². The van der Waals surface area contributed by atoms with E-state index in [-0.39, 0.29) is 42.4 Å². The molecule has 0 unspecified atom stereocenters. The number of likely N-dealkylation sites (N-methyl/N-ethyl adjacent to an activating group) is 1. The summed E-state index contributed by atoms with van der Waals surface area (Å²) in [6.07, 6.45) is 3.35. The van der Waals surface area contributed by atoms with Crippen LogP contribution in [0.15, 0.2) is 11.6 Å². The minimum Gasteiger partial charge on any atom is -0.461 e. The van der Waals surface area contributed by atoms with Crippen molar-refractivity contribution in [3.05, 3.63) is 11.6 Å². The van der Waals surface area contributed by atoms with Gasteiger partial charge >= 0.3 is 5.97 Å². The van der Waals surface area contributed by atoms with Gasteiger partial charge in [-0.25, -0.2) is 4.79 Å². The average molecular weight is 396 g/mol. The maximum Gasteiger partial charge on any atom is 0.329 e. The number of ether oxygens (including phenoxy) is 1. The first-order chi connectivity index (χ1) is 13.1. The number of esters is 1. The fourth-order valence-electron chi connectivity index (χ4n) is 3.29. The number of nitrogens with one attached hydrogen (secondary N) is 1. The van der Waals surface area contributed by atoms with Crippen LogP contribution in [-0.4, -0.2) is 72.3 Å². The van der Waals surface area contributed by atoms with E-state index >= 15 is 0 Å². The molecule has 0 saturated carbocycles. The molecule has 3 amide bonds. The van der Waals surface area contributed by atoms with Crippen LogP contribution in [0, 0.1) is 5.92 Å². The van der Waals surface area contributed by atoms with Crippen molar-refractivity contribution in [1.82, 2.24) is 15.1 Å². The summed E-state index contributed by atoms with van der Waals surface area (Å²) in [5.74, 6) is -0.780. The van der Waals surface area contributed by atoms with Gasteiger partial charge in [0.05, 0.1) is 18.7 Å². The van der Waals surface area contributed by atoms with Crippen LogP contribution in [0.4, 0.5) is 0 Å². The van der Waals surface area contributed by atoms with Crippen molar-refractivity contribution in [1.29, 1.82) is 0 Å². The van der Waals surface area contributed by atoms with Crippen molar-refractivity contribution in [3.63, 3.8) is 0 Å². The molecule has 8 nitrogen and oxygen atoms in total. The first-order valence-electron chi connectivity index (χ1n) is 9.72. The van der Waals surface area contributed by atoms with E-state index in [9.17, 15) is 19.2 Å². The Labute approximate surface area is 167 Å². The van der Waals surface area contributed by atoms with Gasteiger partial charge in [0.25, 0.3) is 0 Å². The lowest BCUT2D eigenvalue weighted by molar-refractivity contribution is -0.155. The Balaban J connectivity index is 2.95. The number of hydrogen-bond donors (Lipinski definition) is 1.